The molecule has 1 saturated carbocycles. The quantitative estimate of drug-likeness (QED) is 0.938. The van der Waals surface area contributed by atoms with Crippen molar-refractivity contribution >= 4 is 5.69 Å². The fourth-order valence-electron chi connectivity index (χ4n) is 3.32. The summed E-state index contributed by atoms with van der Waals surface area (Å²) in [5.41, 5.74) is 3.90. The molecule has 0 saturated heterocycles. The van der Waals surface area contributed by atoms with Crippen LogP contribution in [-0.4, -0.2) is 22.4 Å². The van der Waals surface area contributed by atoms with E-state index in [0.29, 0.717) is 6.04 Å². The molecule has 0 amide bonds. The first-order valence-electron chi connectivity index (χ1n) is 7.84. The summed E-state index contributed by atoms with van der Waals surface area (Å²) in [5.74, 6) is 0.866. The van der Waals surface area contributed by atoms with Gasteiger partial charge in [-0.05, 0) is 36.5 Å². The Morgan fingerprint density at radius 1 is 1.24 bits per heavy atom. The van der Waals surface area contributed by atoms with Gasteiger partial charge in [0.05, 0.1) is 12.2 Å². The zero-order chi connectivity index (χ0) is 14.2. The van der Waals surface area contributed by atoms with E-state index in [9.17, 15) is 0 Å². The van der Waals surface area contributed by atoms with Gasteiger partial charge < -0.3 is 10.2 Å². The lowest BCUT2D eigenvalue weighted by Crippen LogP contribution is -2.39. The summed E-state index contributed by atoms with van der Waals surface area (Å²) in [4.78, 5) is 2.50. The summed E-state index contributed by atoms with van der Waals surface area (Å²) in [6, 6.07) is 11.5. The van der Waals surface area contributed by atoms with Gasteiger partial charge in [-0.3, -0.25) is 4.68 Å². The zero-order valence-electron chi connectivity index (χ0n) is 12.5. The fraction of sp³-hybridized carbons (Fsp3) is 0.471. The van der Waals surface area contributed by atoms with Crippen LogP contribution in [0.15, 0.2) is 36.5 Å². The number of hydrogen-bond donors (Lipinski definition) is 1. The van der Waals surface area contributed by atoms with E-state index in [0.717, 1.165) is 31.2 Å². The molecule has 2 heterocycles. The first-order chi connectivity index (χ1) is 10.3. The lowest BCUT2D eigenvalue weighted by Gasteiger charge is -2.27. The van der Waals surface area contributed by atoms with Gasteiger partial charge in [-0.1, -0.05) is 18.2 Å². The van der Waals surface area contributed by atoms with Crippen molar-refractivity contribution in [1.29, 1.82) is 0 Å². The molecule has 1 aromatic carbocycles. The normalized spacial score (nSPS) is 22.0. The molecule has 0 radical (unpaired) electrons. The highest BCUT2D eigenvalue weighted by Crippen LogP contribution is 2.36. The van der Waals surface area contributed by atoms with Crippen molar-refractivity contribution in [1.82, 2.24) is 15.1 Å². The molecule has 0 bridgehead atoms. The van der Waals surface area contributed by atoms with Crippen molar-refractivity contribution in [2.45, 2.75) is 32.0 Å². The van der Waals surface area contributed by atoms with Crippen molar-refractivity contribution in [3.05, 3.63) is 47.8 Å². The summed E-state index contributed by atoms with van der Waals surface area (Å²) < 4.78 is 1.88. The number of nitrogens with one attached hydrogen (secondary N) is 1. The third-order valence-electron chi connectivity index (χ3n) is 4.62. The van der Waals surface area contributed by atoms with Crippen LogP contribution in [0.2, 0.25) is 0 Å². The van der Waals surface area contributed by atoms with E-state index in [2.05, 4.69) is 45.6 Å². The zero-order valence-corrected chi connectivity index (χ0v) is 12.5. The highest BCUT2D eigenvalue weighted by molar-refractivity contribution is 5.54. The van der Waals surface area contributed by atoms with Crippen LogP contribution >= 0.6 is 0 Å². The minimum absolute atomic E-state index is 0.612. The molecular weight excluding hydrogens is 260 g/mol. The van der Waals surface area contributed by atoms with Gasteiger partial charge >= 0.3 is 0 Å². The van der Waals surface area contributed by atoms with Crippen LogP contribution in [0.1, 0.15) is 24.1 Å². The number of hydrogen-bond acceptors (Lipinski definition) is 3. The standard InChI is InChI=1S/C17H22N4/c1-20-9-8-15(19-20)11-21-12-16(13-6-7-13)18-10-14-4-2-3-5-17(14)21/h2-5,8-9,13,16,18H,6-7,10-12H2,1H3. The van der Waals surface area contributed by atoms with Gasteiger partial charge in [0, 0.05) is 38.1 Å². The van der Waals surface area contributed by atoms with E-state index in [1.807, 2.05) is 17.9 Å². The Bertz CT molecular complexity index is 629. The SMILES string of the molecule is Cn1ccc(CN2CC(C3CC3)NCc3ccccc32)n1. The lowest BCUT2D eigenvalue weighted by atomic mass is 10.1. The van der Waals surface area contributed by atoms with Gasteiger partial charge in [-0.2, -0.15) is 5.10 Å². The summed E-state index contributed by atoms with van der Waals surface area (Å²) in [7, 11) is 1.98. The number of aromatic nitrogens is 2. The fourth-order valence-corrected chi connectivity index (χ4v) is 3.32. The van der Waals surface area contributed by atoms with E-state index >= 15 is 0 Å². The minimum atomic E-state index is 0.612. The third-order valence-corrected chi connectivity index (χ3v) is 4.62. The molecule has 1 atom stereocenters. The molecule has 1 N–H and O–H groups in total. The number of nitrogens with zero attached hydrogens (tertiary/aromatic N) is 3. The second kappa shape index (κ2) is 5.19. The Morgan fingerprint density at radius 3 is 2.86 bits per heavy atom. The molecule has 1 aromatic heterocycles. The Balaban J connectivity index is 1.63. The second-order valence-electron chi connectivity index (χ2n) is 6.31. The van der Waals surface area contributed by atoms with Gasteiger partial charge in [0.15, 0.2) is 0 Å². The van der Waals surface area contributed by atoms with Crippen LogP contribution in [0.25, 0.3) is 0 Å². The predicted molar refractivity (Wildman–Crippen MR) is 84.1 cm³/mol. The van der Waals surface area contributed by atoms with E-state index < -0.39 is 0 Å². The van der Waals surface area contributed by atoms with Crippen LogP contribution in [0, 0.1) is 5.92 Å². The van der Waals surface area contributed by atoms with E-state index in [-0.39, 0.29) is 0 Å². The van der Waals surface area contributed by atoms with E-state index in [1.165, 1.54) is 24.1 Å². The number of fused-ring (bicyclic) bond motifs is 1. The minimum Gasteiger partial charge on any atom is -0.364 e. The maximum absolute atomic E-state index is 4.55. The Kier molecular flexibility index (Phi) is 3.19. The van der Waals surface area contributed by atoms with Crippen molar-refractivity contribution in [3.8, 4) is 0 Å². The molecule has 4 heteroatoms. The maximum Gasteiger partial charge on any atom is 0.0817 e. The van der Waals surface area contributed by atoms with Gasteiger partial charge in [-0.15, -0.1) is 0 Å². The Hall–Kier alpha value is -1.81. The van der Waals surface area contributed by atoms with Crippen molar-refractivity contribution in [2.75, 3.05) is 11.4 Å². The number of para-hydroxylation sites is 1. The maximum atomic E-state index is 4.55. The van der Waals surface area contributed by atoms with Crippen LogP contribution in [0.3, 0.4) is 0 Å². The summed E-state index contributed by atoms with van der Waals surface area (Å²) in [5, 5.41) is 8.30. The molecule has 4 nitrogen and oxygen atoms in total. The summed E-state index contributed by atoms with van der Waals surface area (Å²) >= 11 is 0. The molecule has 1 unspecified atom stereocenters. The summed E-state index contributed by atoms with van der Waals surface area (Å²) in [6.45, 7) is 2.96. The van der Waals surface area contributed by atoms with Gasteiger partial charge in [0.2, 0.25) is 0 Å². The lowest BCUT2D eigenvalue weighted by molar-refractivity contribution is 0.466. The highest BCUT2D eigenvalue weighted by atomic mass is 15.3. The van der Waals surface area contributed by atoms with Crippen LogP contribution in [0.4, 0.5) is 5.69 Å². The average molecular weight is 282 g/mol. The van der Waals surface area contributed by atoms with Crippen LogP contribution < -0.4 is 10.2 Å². The molecule has 21 heavy (non-hydrogen) atoms. The van der Waals surface area contributed by atoms with Crippen LogP contribution in [0.5, 0.6) is 0 Å². The number of anilines is 1. The number of rotatable bonds is 3. The van der Waals surface area contributed by atoms with Gasteiger partial charge in [-0.25, -0.2) is 0 Å². The first kappa shape index (κ1) is 12.9. The Morgan fingerprint density at radius 2 is 2.10 bits per heavy atom. The van der Waals surface area contributed by atoms with Crippen molar-refractivity contribution < 1.29 is 0 Å². The molecule has 1 fully saturated rings. The van der Waals surface area contributed by atoms with E-state index in [1.54, 1.807) is 0 Å². The number of aryl methyl sites for hydroxylation is 1. The van der Waals surface area contributed by atoms with Crippen molar-refractivity contribution in [2.24, 2.45) is 13.0 Å². The molecule has 0 spiro atoms. The topological polar surface area (TPSA) is 33.1 Å². The largest absolute Gasteiger partial charge is 0.364 e. The molecule has 2 aliphatic rings. The number of benzene rings is 1. The molecule has 4 rings (SSSR count). The summed E-state index contributed by atoms with van der Waals surface area (Å²) in [6.07, 6.45) is 4.78. The predicted octanol–water partition coefficient (Wildman–Crippen LogP) is 2.31. The van der Waals surface area contributed by atoms with Gasteiger partial charge in [0.1, 0.15) is 0 Å². The third kappa shape index (κ3) is 2.68. The first-order valence-corrected chi connectivity index (χ1v) is 7.84. The average Bonchev–Trinajstić information content (AvgIpc) is 3.27. The second-order valence-corrected chi connectivity index (χ2v) is 6.31. The van der Waals surface area contributed by atoms with E-state index in [4.69, 9.17) is 0 Å². The molecule has 1 aliphatic heterocycles. The molecular formula is C17H22N4. The smallest absolute Gasteiger partial charge is 0.0817 e. The van der Waals surface area contributed by atoms with Crippen molar-refractivity contribution in [3.63, 3.8) is 0 Å². The molecule has 110 valence electrons. The molecule has 1 aliphatic carbocycles. The molecule has 2 aromatic rings. The van der Waals surface area contributed by atoms with Gasteiger partial charge in [0.25, 0.3) is 0 Å². The highest BCUT2D eigenvalue weighted by Gasteiger charge is 2.34. The Labute approximate surface area is 125 Å². The monoisotopic (exact) mass is 282 g/mol. The van der Waals surface area contributed by atoms with Crippen LogP contribution in [-0.2, 0) is 20.1 Å².